The van der Waals surface area contributed by atoms with Crippen LogP contribution in [0.25, 0.3) is 22.1 Å². The highest BCUT2D eigenvalue weighted by molar-refractivity contribution is 7.99. The molecule has 30 heavy (non-hydrogen) atoms. The number of hydrogen-bond acceptors (Lipinski definition) is 6. The highest BCUT2D eigenvalue weighted by Crippen LogP contribution is 2.27. The second-order valence-electron chi connectivity index (χ2n) is 6.47. The van der Waals surface area contributed by atoms with Gasteiger partial charge in [0.25, 0.3) is 5.56 Å². The molecule has 0 bridgehead atoms. The van der Waals surface area contributed by atoms with Crippen LogP contribution in [0.1, 0.15) is 0 Å². The smallest absolute Gasteiger partial charge is 0.297 e. The van der Waals surface area contributed by atoms with E-state index in [-0.39, 0.29) is 29.3 Å². The van der Waals surface area contributed by atoms with Crippen LogP contribution in [0.3, 0.4) is 0 Å². The number of fused-ring (bicyclic) bond motifs is 3. The van der Waals surface area contributed by atoms with Crippen molar-refractivity contribution in [1.82, 2.24) is 9.55 Å². The number of aromatic nitrogens is 2. The number of amides is 1. The molecule has 1 amide bonds. The zero-order valence-corrected chi connectivity index (χ0v) is 16.9. The Labute approximate surface area is 174 Å². The first-order chi connectivity index (χ1) is 14.6. The molecule has 0 saturated heterocycles. The van der Waals surface area contributed by atoms with E-state index in [0.717, 1.165) is 17.1 Å². The molecule has 0 saturated carbocycles. The van der Waals surface area contributed by atoms with E-state index in [4.69, 9.17) is 9.15 Å². The maximum atomic E-state index is 13.3. The number of halogens is 1. The van der Waals surface area contributed by atoms with E-state index >= 15 is 0 Å². The molecule has 1 N–H and O–H groups in total. The van der Waals surface area contributed by atoms with Crippen molar-refractivity contribution in [2.45, 2.75) is 11.7 Å². The standard InChI is InChI=1S/C21H18FN3O4S/c1-28-10-9-25-20(27)19-18(15-7-2-3-8-16(15)29-19)24-21(25)30-12-17(26)23-14-6-4-5-13(22)11-14/h2-8,11H,9-10,12H2,1H3,(H,23,26). The quantitative estimate of drug-likeness (QED) is 0.358. The predicted octanol–water partition coefficient (Wildman–Crippen LogP) is 3.66. The average molecular weight is 427 g/mol. The van der Waals surface area contributed by atoms with Crippen LogP contribution in [0.15, 0.2) is 62.9 Å². The lowest BCUT2D eigenvalue weighted by Crippen LogP contribution is -2.25. The summed E-state index contributed by atoms with van der Waals surface area (Å²) in [5.74, 6) is -0.778. The topological polar surface area (TPSA) is 86.4 Å². The van der Waals surface area contributed by atoms with Gasteiger partial charge in [0.05, 0.1) is 18.9 Å². The Bertz CT molecular complexity index is 1280. The van der Waals surface area contributed by atoms with Crippen LogP contribution >= 0.6 is 11.8 Å². The lowest BCUT2D eigenvalue weighted by molar-refractivity contribution is -0.113. The van der Waals surface area contributed by atoms with Gasteiger partial charge in [-0.3, -0.25) is 14.2 Å². The third-order valence-electron chi connectivity index (χ3n) is 4.41. The van der Waals surface area contributed by atoms with Crippen molar-refractivity contribution in [1.29, 1.82) is 0 Å². The Morgan fingerprint density at radius 2 is 2.10 bits per heavy atom. The molecule has 0 aliphatic carbocycles. The Balaban J connectivity index is 1.65. The first-order valence-electron chi connectivity index (χ1n) is 9.16. The number of anilines is 1. The lowest BCUT2D eigenvalue weighted by atomic mass is 10.2. The Kier molecular flexibility index (Phi) is 5.82. The molecule has 4 rings (SSSR count). The van der Waals surface area contributed by atoms with E-state index in [9.17, 15) is 14.0 Å². The van der Waals surface area contributed by atoms with Crippen molar-refractivity contribution in [2.24, 2.45) is 0 Å². The monoisotopic (exact) mass is 427 g/mol. The third kappa shape index (κ3) is 4.07. The molecule has 7 nitrogen and oxygen atoms in total. The van der Waals surface area contributed by atoms with Crippen LogP contribution in [-0.4, -0.2) is 34.9 Å². The van der Waals surface area contributed by atoms with Crippen molar-refractivity contribution in [2.75, 3.05) is 24.8 Å². The molecule has 0 radical (unpaired) electrons. The van der Waals surface area contributed by atoms with Crippen LogP contribution in [0.5, 0.6) is 0 Å². The van der Waals surface area contributed by atoms with Gasteiger partial charge in [0, 0.05) is 18.2 Å². The van der Waals surface area contributed by atoms with Gasteiger partial charge in [-0.05, 0) is 30.3 Å². The Morgan fingerprint density at radius 3 is 2.90 bits per heavy atom. The van der Waals surface area contributed by atoms with Crippen molar-refractivity contribution in [3.05, 3.63) is 64.7 Å². The number of carbonyl (C=O) groups is 1. The van der Waals surface area contributed by atoms with Crippen LogP contribution in [0.2, 0.25) is 0 Å². The summed E-state index contributed by atoms with van der Waals surface area (Å²) in [6, 6.07) is 12.9. The number of para-hydroxylation sites is 1. The number of furan rings is 1. The molecule has 154 valence electrons. The summed E-state index contributed by atoms with van der Waals surface area (Å²) in [4.78, 5) is 29.9. The van der Waals surface area contributed by atoms with Crippen molar-refractivity contribution < 1.29 is 18.3 Å². The molecule has 4 aromatic rings. The summed E-state index contributed by atoms with van der Waals surface area (Å²) in [7, 11) is 1.54. The fourth-order valence-corrected chi connectivity index (χ4v) is 3.85. The Morgan fingerprint density at radius 1 is 1.27 bits per heavy atom. The van der Waals surface area contributed by atoms with Gasteiger partial charge in [0.15, 0.2) is 5.16 Å². The highest BCUT2D eigenvalue weighted by atomic mass is 32.2. The van der Waals surface area contributed by atoms with Gasteiger partial charge in [-0.25, -0.2) is 9.37 Å². The molecule has 0 fully saturated rings. The van der Waals surface area contributed by atoms with Crippen LogP contribution in [0.4, 0.5) is 10.1 Å². The molecule has 2 heterocycles. The lowest BCUT2D eigenvalue weighted by Gasteiger charge is -2.11. The number of ether oxygens (including phenoxy) is 1. The normalized spacial score (nSPS) is 11.3. The van der Waals surface area contributed by atoms with E-state index in [1.165, 1.54) is 29.9 Å². The minimum atomic E-state index is -0.437. The summed E-state index contributed by atoms with van der Waals surface area (Å²) in [6.07, 6.45) is 0. The van der Waals surface area contributed by atoms with Crippen LogP contribution in [0, 0.1) is 5.82 Å². The van der Waals surface area contributed by atoms with Gasteiger partial charge in [-0.1, -0.05) is 30.0 Å². The molecule has 0 unspecified atom stereocenters. The fourth-order valence-electron chi connectivity index (χ4n) is 3.04. The number of benzene rings is 2. The van der Waals surface area contributed by atoms with Gasteiger partial charge in [0.2, 0.25) is 11.5 Å². The van der Waals surface area contributed by atoms with E-state index in [1.54, 1.807) is 12.1 Å². The molecule has 2 aromatic carbocycles. The van der Waals surface area contributed by atoms with Crippen LogP contribution < -0.4 is 10.9 Å². The molecule has 0 atom stereocenters. The number of thioether (sulfide) groups is 1. The van der Waals surface area contributed by atoms with E-state index in [1.807, 2.05) is 18.2 Å². The van der Waals surface area contributed by atoms with Gasteiger partial charge >= 0.3 is 0 Å². The molecule has 0 aliphatic rings. The van der Waals surface area contributed by atoms with Gasteiger partial charge < -0.3 is 14.5 Å². The van der Waals surface area contributed by atoms with Crippen LogP contribution in [-0.2, 0) is 16.1 Å². The zero-order valence-electron chi connectivity index (χ0n) is 16.1. The number of methoxy groups -OCH3 is 1. The summed E-state index contributed by atoms with van der Waals surface area (Å²) in [6.45, 7) is 0.569. The number of nitrogens with one attached hydrogen (secondary N) is 1. The molecule has 2 aromatic heterocycles. The van der Waals surface area contributed by atoms with Crippen molar-refractivity contribution >= 4 is 45.4 Å². The van der Waals surface area contributed by atoms with E-state index < -0.39 is 5.82 Å². The van der Waals surface area contributed by atoms with E-state index in [0.29, 0.717) is 28.6 Å². The van der Waals surface area contributed by atoms with E-state index in [2.05, 4.69) is 10.3 Å². The maximum absolute atomic E-state index is 13.3. The van der Waals surface area contributed by atoms with Gasteiger partial charge in [-0.15, -0.1) is 0 Å². The summed E-state index contributed by atoms with van der Waals surface area (Å²) >= 11 is 1.12. The molecular formula is C21H18FN3O4S. The molecule has 0 aliphatic heterocycles. The summed E-state index contributed by atoms with van der Waals surface area (Å²) in [5.41, 5.74) is 1.22. The first kappa shape index (κ1) is 20.1. The van der Waals surface area contributed by atoms with Gasteiger partial charge in [-0.2, -0.15) is 0 Å². The minimum Gasteiger partial charge on any atom is -0.448 e. The zero-order chi connectivity index (χ0) is 21.1. The summed E-state index contributed by atoms with van der Waals surface area (Å²) in [5, 5.41) is 3.75. The maximum Gasteiger partial charge on any atom is 0.297 e. The average Bonchev–Trinajstić information content (AvgIpc) is 3.11. The second kappa shape index (κ2) is 8.68. The number of carbonyl (C=O) groups excluding carboxylic acids is 1. The SMILES string of the molecule is COCCn1c(SCC(=O)Nc2cccc(F)c2)nc2c(oc3ccccc32)c1=O. The fraction of sp³-hybridized carbons (Fsp3) is 0.190. The summed E-state index contributed by atoms with van der Waals surface area (Å²) < 4.78 is 25.6. The Hall–Kier alpha value is -3.17. The number of rotatable bonds is 7. The van der Waals surface area contributed by atoms with Gasteiger partial charge in [0.1, 0.15) is 16.9 Å². The molecular weight excluding hydrogens is 409 g/mol. The number of hydrogen-bond donors (Lipinski definition) is 1. The van der Waals surface area contributed by atoms with Crippen molar-refractivity contribution in [3.63, 3.8) is 0 Å². The third-order valence-corrected chi connectivity index (χ3v) is 5.38. The number of nitrogens with zero attached hydrogens (tertiary/aromatic N) is 2. The largest absolute Gasteiger partial charge is 0.448 e. The van der Waals surface area contributed by atoms with Crippen molar-refractivity contribution in [3.8, 4) is 0 Å². The first-order valence-corrected chi connectivity index (χ1v) is 10.1. The molecule has 0 spiro atoms. The minimum absolute atomic E-state index is 0.00275. The molecule has 9 heteroatoms. The predicted molar refractivity (Wildman–Crippen MR) is 113 cm³/mol. The second-order valence-corrected chi connectivity index (χ2v) is 7.41. The highest BCUT2D eigenvalue weighted by Gasteiger charge is 2.18.